The third-order valence-corrected chi connectivity index (χ3v) is 2.06. The van der Waals surface area contributed by atoms with Crippen molar-refractivity contribution in [3.05, 3.63) is 0 Å². The third-order valence-electron chi connectivity index (χ3n) is 1.60. The summed E-state index contributed by atoms with van der Waals surface area (Å²) in [6, 6.07) is 2.18. The van der Waals surface area contributed by atoms with Crippen molar-refractivity contribution < 1.29 is 0 Å². The van der Waals surface area contributed by atoms with Crippen molar-refractivity contribution >= 4 is 17.3 Å². The highest BCUT2D eigenvalue weighted by molar-refractivity contribution is 7.80. The second-order valence-electron chi connectivity index (χ2n) is 2.62. The molecule has 0 rings (SSSR count). The molecule has 0 aromatic carbocycles. The number of nitriles is 1. The summed E-state index contributed by atoms with van der Waals surface area (Å²) in [6.45, 7) is 5.45. The Balaban J connectivity index is 4.01. The molecule has 0 amide bonds. The Morgan fingerprint density at radius 2 is 2.33 bits per heavy atom. The number of hydrogen-bond acceptors (Lipinski definition) is 2. The molecule has 0 saturated carbocycles. The average molecular weight is 185 g/mol. The zero-order chi connectivity index (χ0) is 9.56. The first-order chi connectivity index (χ1) is 5.65. The molecule has 1 atom stereocenters. The van der Waals surface area contributed by atoms with Crippen LogP contribution in [0.1, 0.15) is 13.8 Å². The molecule has 0 heterocycles. The van der Waals surface area contributed by atoms with Gasteiger partial charge in [-0.3, -0.25) is 0 Å². The zero-order valence-electron chi connectivity index (χ0n) is 7.79. The Kier molecular flexibility index (Phi) is 5.39. The minimum atomic E-state index is 0.0243. The summed E-state index contributed by atoms with van der Waals surface area (Å²) in [5.41, 5.74) is 0. The van der Waals surface area contributed by atoms with Crippen LogP contribution in [-0.4, -0.2) is 30.1 Å². The Hall–Kier alpha value is -0.820. The molecule has 1 unspecified atom stereocenters. The lowest BCUT2D eigenvalue weighted by Crippen LogP contribution is -2.39. The normalized spacial score (nSPS) is 11.5. The summed E-state index contributed by atoms with van der Waals surface area (Å²) in [7, 11) is 1.79. The monoisotopic (exact) mass is 185 g/mol. The lowest BCUT2D eigenvalue weighted by molar-refractivity contribution is 0.400. The van der Waals surface area contributed by atoms with Crippen LogP contribution in [-0.2, 0) is 0 Å². The number of thiocarbonyl (C=S) groups is 1. The van der Waals surface area contributed by atoms with E-state index in [-0.39, 0.29) is 5.92 Å². The first kappa shape index (κ1) is 11.2. The van der Waals surface area contributed by atoms with Crippen LogP contribution >= 0.6 is 12.2 Å². The van der Waals surface area contributed by atoms with Crippen LogP contribution in [0.4, 0.5) is 0 Å². The number of nitrogens with one attached hydrogen (secondary N) is 1. The van der Waals surface area contributed by atoms with Crippen LogP contribution < -0.4 is 5.32 Å². The molecule has 0 aromatic heterocycles. The van der Waals surface area contributed by atoms with E-state index in [9.17, 15) is 0 Å². The van der Waals surface area contributed by atoms with Gasteiger partial charge >= 0.3 is 0 Å². The third kappa shape index (κ3) is 3.54. The molecule has 0 radical (unpaired) electrons. The molecule has 3 nitrogen and oxygen atoms in total. The first-order valence-corrected chi connectivity index (χ1v) is 4.42. The van der Waals surface area contributed by atoms with E-state index in [2.05, 4.69) is 11.4 Å². The van der Waals surface area contributed by atoms with E-state index in [4.69, 9.17) is 17.5 Å². The largest absolute Gasteiger partial charge is 0.366 e. The Labute approximate surface area is 79.4 Å². The number of nitrogens with zero attached hydrogens (tertiary/aromatic N) is 2. The van der Waals surface area contributed by atoms with Gasteiger partial charge in [-0.2, -0.15) is 5.26 Å². The van der Waals surface area contributed by atoms with Crippen LogP contribution in [0.15, 0.2) is 0 Å². The summed E-state index contributed by atoms with van der Waals surface area (Å²) in [5.74, 6) is 0.0243. The summed E-state index contributed by atoms with van der Waals surface area (Å²) in [6.07, 6.45) is 0. The summed E-state index contributed by atoms with van der Waals surface area (Å²) in [5, 5.41) is 12.2. The SMILES string of the molecule is CCN(CC(C)C#N)C(=S)NC. The standard InChI is InChI=1S/C8H15N3S/c1-4-11(8(12)10-3)6-7(2)5-9/h7H,4,6H2,1-3H3,(H,10,12). The number of hydrogen-bond donors (Lipinski definition) is 1. The van der Waals surface area contributed by atoms with Gasteiger partial charge in [-0.15, -0.1) is 0 Å². The van der Waals surface area contributed by atoms with Crippen molar-refractivity contribution in [1.82, 2.24) is 10.2 Å². The average Bonchev–Trinajstić information content (AvgIpc) is 2.12. The molecule has 68 valence electrons. The maximum absolute atomic E-state index is 8.59. The summed E-state index contributed by atoms with van der Waals surface area (Å²) < 4.78 is 0. The van der Waals surface area contributed by atoms with Crippen LogP contribution in [0.5, 0.6) is 0 Å². The van der Waals surface area contributed by atoms with E-state index >= 15 is 0 Å². The fraction of sp³-hybridized carbons (Fsp3) is 0.750. The van der Waals surface area contributed by atoms with Crippen LogP contribution in [0.3, 0.4) is 0 Å². The molecule has 0 fully saturated rings. The van der Waals surface area contributed by atoms with E-state index < -0.39 is 0 Å². The van der Waals surface area contributed by atoms with E-state index in [0.717, 1.165) is 6.54 Å². The second kappa shape index (κ2) is 5.78. The Morgan fingerprint density at radius 1 is 1.75 bits per heavy atom. The highest BCUT2D eigenvalue weighted by atomic mass is 32.1. The van der Waals surface area contributed by atoms with E-state index in [1.165, 1.54) is 0 Å². The Morgan fingerprint density at radius 3 is 2.67 bits per heavy atom. The van der Waals surface area contributed by atoms with Gasteiger partial charge < -0.3 is 10.2 Å². The molecule has 12 heavy (non-hydrogen) atoms. The van der Waals surface area contributed by atoms with E-state index in [0.29, 0.717) is 11.7 Å². The molecule has 1 N–H and O–H groups in total. The molecular formula is C8H15N3S. The van der Waals surface area contributed by atoms with Gasteiger partial charge in [-0.1, -0.05) is 0 Å². The predicted octanol–water partition coefficient (Wildman–Crippen LogP) is 0.972. The fourth-order valence-electron chi connectivity index (χ4n) is 0.885. The maximum Gasteiger partial charge on any atom is 0.168 e. The minimum Gasteiger partial charge on any atom is -0.366 e. The summed E-state index contributed by atoms with van der Waals surface area (Å²) in [4.78, 5) is 1.98. The van der Waals surface area contributed by atoms with Gasteiger partial charge in [-0.25, -0.2) is 0 Å². The molecule has 0 saturated heterocycles. The van der Waals surface area contributed by atoms with Crippen molar-refractivity contribution in [1.29, 1.82) is 5.26 Å². The highest BCUT2D eigenvalue weighted by Gasteiger charge is 2.09. The van der Waals surface area contributed by atoms with Gasteiger partial charge in [-0.05, 0) is 26.1 Å². The highest BCUT2D eigenvalue weighted by Crippen LogP contribution is 1.98. The molecule has 0 bridgehead atoms. The molecule has 0 aliphatic carbocycles. The molecular weight excluding hydrogens is 170 g/mol. The fourth-order valence-corrected chi connectivity index (χ4v) is 1.09. The molecule has 0 aromatic rings. The lowest BCUT2D eigenvalue weighted by Gasteiger charge is -2.23. The predicted molar refractivity (Wildman–Crippen MR) is 53.7 cm³/mol. The van der Waals surface area contributed by atoms with E-state index in [1.807, 2.05) is 18.7 Å². The van der Waals surface area contributed by atoms with Gasteiger partial charge in [0.25, 0.3) is 0 Å². The van der Waals surface area contributed by atoms with Crippen LogP contribution in [0.25, 0.3) is 0 Å². The van der Waals surface area contributed by atoms with Gasteiger partial charge in [0.05, 0.1) is 12.0 Å². The van der Waals surface area contributed by atoms with E-state index in [1.54, 1.807) is 7.05 Å². The minimum absolute atomic E-state index is 0.0243. The van der Waals surface area contributed by atoms with Crippen LogP contribution in [0.2, 0.25) is 0 Å². The zero-order valence-corrected chi connectivity index (χ0v) is 8.61. The smallest absolute Gasteiger partial charge is 0.168 e. The van der Waals surface area contributed by atoms with Crippen molar-refractivity contribution in [3.8, 4) is 6.07 Å². The van der Waals surface area contributed by atoms with Crippen molar-refractivity contribution in [3.63, 3.8) is 0 Å². The van der Waals surface area contributed by atoms with Crippen molar-refractivity contribution in [2.75, 3.05) is 20.1 Å². The first-order valence-electron chi connectivity index (χ1n) is 4.02. The second-order valence-corrected chi connectivity index (χ2v) is 3.01. The Bertz CT molecular complexity index is 185. The molecule has 0 aliphatic heterocycles. The molecule has 4 heteroatoms. The van der Waals surface area contributed by atoms with Gasteiger partial charge in [0.2, 0.25) is 0 Å². The van der Waals surface area contributed by atoms with Crippen LogP contribution in [0, 0.1) is 17.2 Å². The molecule has 0 aliphatic rings. The van der Waals surface area contributed by atoms with Crippen molar-refractivity contribution in [2.24, 2.45) is 5.92 Å². The number of rotatable bonds is 3. The topological polar surface area (TPSA) is 39.1 Å². The van der Waals surface area contributed by atoms with Gasteiger partial charge in [0.15, 0.2) is 5.11 Å². The quantitative estimate of drug-likeness (QED) is 0.665. The van der Waals surface area contributed by atoms with Gasteiger partial charge in [0, 0.05) is 20.1 Å². The van der Waals surface area contributed by atoms with Gasteiger partial charge in [0.1, 0.15) is 0 Å². The maximum atomic E-state index is 8.59. The van der Waals surface area contributed by atoms with Crippen molar-refractivity contribution in [2.45, 2.75) is 13.8 Å². The molecule has 0 spiro atoms. The lowest BCUT2D eigenvalue weighted by atomic mass is 10.2. The summed E-state index contributed by atoms with van der Waals surface area (Å²) >= 11 is 5.05.